The molecule has 14 heavy (non-hydrogen) atoms. The number of thiol groups is 1. The van der Waals surface area contributed by atoms with E-state index in [9.17, 15) is 4.39 Å². The average Bonchev–Trinajstić information content (AvgIpc) is 2.19. The molecular weight excluding hydrogens is 195 g/mol. The Morgan fingerprint density at radius 3 is 2.43 bits per heavy atom. The van der Waals surface area contributed by atoms with Gasteiger partial charge in [-0.2, -0.15) is 12.6 Å². The molecule has 1 rings (SSSR count). The normalized spacial score (nSPS) is 12.8. The van der Waals surface area contributed by atoms with Crippen molar-refractivity contribution < 1.29 is 4.39 Å². The Morgan fingerprint density at radius 1 is 1.21 bits per heavy atom. The van der Waals surface area contributed by atoms with Gasteiger partial charge in [-0.1, -0.05) is 38.3 Å². The van der Waals surface area contributed by atoms with Gasteiger partial charge >= 0.3 is 0 Å². The zero-order chi connectivity index (χ0) is 10.4. The summed E-state index contributed by atoms with van der Waals surface area (Å²) in [6, 6.07) is 6.63. The maximum absolute atomic E-state index is 12.6. The molecule has 0 N–H and O–H groups in total. The Kier molecular flexibility index (Phi) is 5.02. The molecule has 1 aromatic carbocycles. The highest BCUT2D eigenvalue weighted by atomic mass is 32.1. The standard InChI is InChI=1S/C12H17FS/c1-2-3-4-5-12(14)10-6-8-11(13)9-7-10/h6-9,12,14H,2-5H2,1H3. The first-order valence-corrected chi connectivity index (χ1v) is 5.69. The van der Waals surface area contributed by atoms with Crippen LogP contribution in [0.2, 0.25) is 0 Å². The first-order chi connectivity index (χ1) is 6.74. The second-order valence-electron chi connectivity index (χ2n) is 3.56. The fourth-order valence-corrected chi connectivity index (χ4v) is 1.79. The lowest BCUT2D eigenvalue weighted by Crippen LogP contribution is -1.91. The minimum atomic E-state index is -0.178. The summed E-state index contributed by atoms with van der Waals surface area (Å²) in [5, 5.41) is 0.252. The van der Waals surface area contributed by atoms with Crippen molar-refractivity contribution in [3.8, 4) is 0 Å². The quantitative estimate of drug-likeness (QED) is 0.543. The van der Waals surface area contributed by atoms with Crippen molar-refractivity contribution in [3.05, 3.63) is 35.6 Å². The third kappa shape index (κ3) is 3.70. The van der Waals surface area contributed by atoms with Crippen LogP contribution in [0.15, 0.2) is 24.3 Å². The molecule has 1 aromatic rings. The number of halogens is 1. The van der Waals surface area contributed by atoms with E-state index < -0.39 is 0 Å². The molecule has 0 spiro atoms. The summed E-state index contributed by atoms with van der Waals surface area (Å²) in [5.74, 6) is -0.178. The smallest absolute Gasteiger partial charge is 0.123 e. The number of rotatable bonds is 5. The van der Waals surface area contributed by atoms with Gasteiger partial charge < -0.3 is 0 Å². The maximum Gasteiger partial charge on any atom is 0.123 e. The van der Waals surface area contributed by atoms with E-state index in [2.05, 4.69) is 19.6 Å². The van der Waals surface area contributed by atoms with Crippen molar-refractivity contribution in [2.24, 2.45) is 0 Å². The molecule has 0 radical (unpaired) electrons. The SMILES string of the molecule is CCCCCC(S)c1ccc(F)cc1. The van der Waals surface area contributed by atoms with Crippen LogP contribution < -0.4 is 0 Å². The summed E-state index contributed by atoms with van der Waals surface area (Å²) in [6.45, 7) is 2.19. The zero-order valence-corrected chi connectivity index (χ0v) is 9.43. The number of hydrogen-bond acceptors (Lipinski definition) is 1. The highest BCUT2D eigenvalue weighted by Crippen LogP contribution is 2.25. The summed E-state index contributed by atoms with van der Waals surface area (Å²) in [4.78, 5) is 0. The second kappa shape index (κ2) is 6.07. The Bertz CT molecular complexity index is 256. The van der Waals surface area contributed by atoms with Crippen LogP contribution in [0.1, 0.15) is 43.4 Å². The van der Waals surface area contributed by atoms with Gasteiger partial charge in [-0.25, -0.2) is 4.39 Å². The van der Waals surface area contributed by atoms with E-state index in [0.29, 0.717) is 0 Å². The molecule has 0 aliphatic rings. The maximum atomic E-state index is 12.6. The number of hydrogen-bond donors (Lipinski definition) is 1. The van der Waals surface area contributed by atoms with Crippen LogP contribution in [0.25, 0.3) is 0 Å². The van der Waals surface area contributed by atoms with Gasteiger partial charge in [0.05, 0.1) is 0 Å². The van der Waals surface area contributed by atoms with Gasteiger partial charge in [-0.3, -0.25) is 0 Å². The lowest BCUT2D eigenvalue weighted by Gasteiger charge is -2.10. The molecule has 2 heteroatoms. The molecule has 0 bridgehead atoms. The van der Waals surface area contributed by atoms with E-state index in [1.807, 2.05) is 12.1 Å². The fraction of sp³-hybridized carbons (Fsp3) is 0.500. The van der Waals surface area contributed by atoms with Crippen molar-refractivity contribution >= 4 is 12.6 Å². The first-order valence-electron chi connectivity index (χ1n) is 5.17. The van der Waals surface area contributed by atoms with Crippen molar-refractivity contribution in [1.29, 1.82) is 0 Å². The molecule has 0 nitrogen and oxygen atoms in total. The van der Waals surface area contributed by atoms with Gasteiger partial charge in [0.1, 0.15) is 5.82 Å². The molecular formula is C12H17FS. The van der Waals surface area contributed by atoms with E-state index >= 15 is 0 Å². The number of unbranched alkanes of at least 4 members (excludes halogenated alkanes) is 2. The molecule has 1 unspecified atom stereocenters. The van der Waals surface area contributed by atoms with E-state index in [4.69, 9.17) is 0 Å². The van der Waals surface area contributed by atoms with Gasteiger partial charge in [-0.05, 0) is 24.1 Å². The summed E-state index contributed by atoms with van der Waals surface area (Å²) in [5.41, 5.74) is 1.12. The van der Waals surface area contributed by atoms with Crippen LogP contribution >= 0.6 is 12.6 Å². The van der Waals surface area contributed by atoms with Crippen LogP contribution in [0.5, 0.6) is 0 Å². The van der Waals surface area contributed by atoms with Crippen LogP contribution in [-0.4, -0.2) is 0 Å². The van der Waals surface area contributed by atoms with Crippen molar-refractivity contribution in [2.75, 3.05) is 0 Å². The van der Waals surface area contributed by atoms with Crippen LogP contribution in [0.3, 0.4) is 0 Å². The predicted molar refractivity (Wildman–Crippen MR) is 62.3 cm³/mol. The monoisotopic (exact) mass is 212 g/mol. The van der Waals surface area contributed by atoms with E-state index in [1.54, 1.807) is 0 Å². The average molecular weight is 212 g/mol. The van der Waals surface area contributed by atoms with E-state index in [-0.39, 0.29) is 11.1 Å². The van der Waals surface area contributed by atoms with Crippen molar-refractivity contribution in [1.82, 2.24) is 0 Å². The van der Waals surface area contributed by atoms with Crippen LogP contribution in [0.4, 0.5) is 4.39 Å². The molecule has 0 saturated heterocycles. The Morgan fingerprint density at radius 2 is 1.86 bits per heavy atom. The minimum Gasteiger partial charge on any atom is -0.207 e. The fourth-order valence-electron chi connectivity index (χ4n) is 1.44. The highest BCUT2D eigenvalue weighted by molar-refractivity contribution is 7.80. The predicted octanol–water partition coefficient (Wildman–Crippen LogP) is 4.38. The Labute approximate surface area is 90.9 Å². The molecule has 1 atom stereocenters. The molecule has 0 heterocycles. The number of benzene rings is 1. The molecule has 0 amide bonds. The molecule has 0 saturated carbocycles. The van der Waals surface area contributed by atoms with Gasteiger partial charge in [0.25, 0.3) is 0 Å². The summed E-state index contributed by atoms with van der Waals surface area (Å²) >= 11 is 4.50. The van der Waals surface area contributed by atoms with E-state index in [0.717, 1.165) is 12.0 Å². The molecule has 0 aliphatic heterocycles. The van der Waals surface area contributed by atoms with Crippen LogP contribution in [-0.2, 0) is 0 Å². The lowest BCUT2D eigenvalue weighted by molar-refractivity contribution is 0.624. The second-order valence-corrected chi connectivity index (χ2v) is 4.19. The third-order valence-electron chi connectivity index (χ3n) is 2.34. The summed E-state index contributed by atoms with van der Waals surface area (Å²) in [7, 11) is 0. The topological polar surface area (TPSA) is 0 Å². The Hall–Kier alpha value is -0.500. The van der Waals surface area contributed by atoms with Crippen LogP contribution in [0, 0.1) is 5.82 Å². The Balaban J connectivity index is 2.43. The van der Waals surface area contributed by atoms with Crippen molar-refractivity contribution in [3.63, 3.8) is 0 Å². The van der Waals surface area contributed by atoms with Crippen molar-refractivity contribution in [2.45, 2.75) is 37.9 Å². The minimum absolute atomic E-state index is 0.178. The van der Waals surface area contributed by atoms with Gasteiger partial charge in [0, 0.05) is 5.25 Å². The van der Waals surface area contributed by atoms with Gasteiger partial charge in [0.2, 0.25) is 0 Å². The molecule has 0 aliphatic carbocycles. The molecule has 0 fully saturated rings. The molecule has 0 aromatic heterocycles. The van der Waals surface area contributed by atoms with Gasteiger partial charge in [0.15, 0.2) is 0 Å². The van der Waals surface area contributed by atoms with Gasteiger partial charge in [-0.15, -0.1) is 0 Å². The molecule has 78 valence electrons. The lowest BCUT2D eigenvalue weighted by atomic mass is 10.1. The zero-order valence-electron chi connectivity index (χ0n) is 8.54. The third-order valence-corrected chi connectivity index (χ3v) is 2.89. The summed E-state index contributed by atoms with van der Waals surface area (Å²) in [6.07, 6.45) is 4.74. The highest BCUT2D eigenvalue weighted by Gasteiger charge is 2.05. The van der Waals surface area contributed by atoms with E-state index in [1.165, 1.54) is 31.4 Å². The first kappa shape index (κ1) is 11.6. The summed E-state index contributed by atoms with van der Waals surface area (Å²) < 4.78 is 12.6. The largest absolute Gasteiger partial charge is 0.207 e.